The van der Waals surface area contributed by atoms with Crippen LogP contribution < -0.4 is 0 Å². The molecule has 0 aliphatic rings. The summed E-state index contributed by atoms with van der Waals surface area (Å²) in [5.41, 5.74) is 0.0424. The van der Waals surface area contributed by atoms with Gasteiger partial charge in [-0.25, -0.2) is 9.18 Å². The number of ether oxygens (including phenoxy) is 1. The van der Waals surface area contributed by atoms with Crippen molar-refractivity contribution in [2.45, 2.75) is 32.3 Å². The molecule has 1 atom stereocenters. The van der Waals surface area contributed by atoms with E-state index >= 15 is 0 Å². The number of hydrogen-bond acceptors (Lipinski definition) is 3. The van der Waals surface area contributed by atoms with Crippen molar-refractivity contribution in [1.82, 2.24) is 0 Å². The monoisotopic (exact) mass is 240 g/mol. The van der Waals surface area contributed by atoms with Crippen LogP contribution >= 0.6 is 0 Å². The van der Waals surface area contributed by atoms with E-state index in [4.69, 9.17) is 0 Å². The first kappa shape index (κ1) is 13.6. The second-order valence-electron chi connectivity index (χ2n) is 4.63. The number of aliphatic hydroxyl groups is 1. The van der Waals surface area contributed by atoms with Crippen molar-refractivity contribution < 1.29 is 19.0 Å². The Kier molecular flexibility index (Phi) is 3.88. The summed E-state index contributed by atoms with van der Waals surface area (Å²) in [7, 11) is 1.19. The molecule has 1 rings (SSSR count). The molecule has 0 saturated carbocycles. The number of rotatable bonds is 3. The van der Waals surface area contributed by atoms with E-state index in [0.717, 1.165) is 5.56 Å². The number of halogens is 1. The minimum atomic E-state index is -1.40. The maximum absolute atomic E-state index is 13.8. The lowest BCUT2D eigenvalue weighted by molar-refractivity contribution is -0.153. The van der Waals surface area contributed by atoms with Gasteiger partial charge in [0.15, 0.2) is 6.10 Å². The highest BCUT2D eigenvalue weighted by Gasteiger charge is 2.37. The fraction of sp³-hybridized carbons (Fsp3) is 0.462. The summed E-state index contributed by atoms with van der Waals surface area (Å²) in [5, 5.41) is 9.85. The van der Waals surface area contributed by atoms with Crippen LogP contribution in [0.15, 0.2) is 18.2 Å². The largest absolute Gasteiger partial charge is 0.467 e. The highest BCUT2D eigenvalue weighted by Crippen LogP contribution is 2.30. The van der Waals surface area contributed by atoms with Crippen molar-refractivity contribution in [2.75, 3.05) is 7.11 Å². The number of aryl methyl sites for hydroxylation is 1. The van der Waals surface area contributed by atoms with E-state index in [0.29, 0.717) is 5.56 Å². The van der Waals surface area contributed by atoms with Gasteiger partial charge in [-0.2, -0.15) is 0 Å². The van der Waals surface area contributed by atoms with Crippen LogP contribution in [0, 0.1) is 12.7 Å². The molecule has 1 unspecified atom stereocenters. The van der Waals surface area contributed by atoms with Gasteiger partial charge in [-0.1, -0.05) is 26.0 Å². The lowest BCUT2D eigenvalue weighted by Crippen LogP contribution is -2.41. The Morgan fingerprint density at radius 1 is 1.47 bits per heavy atom. The molecular weight excluding hydrogens is 223 g/mol. The van der Waals surface area contributed by atoms with Gasteiger partial charge in [0.25, 0.3) is 0 Å². The predicted octanol–water partition coefficient (Wildman–Crippen LogP) is 1.95. The molecule has 94 valence electrons. The van der Waals surface area contributed by atoms with Crippen molar-refractivity contribution >= 4 is 5.97 Å². The summed E-state index contributed by atoms with van der Waals surface area (Å²) in [5.74, 6) is -1.20. The molecule has 0 aliphatic heterocycles. The fourth-order valence-corrected chi connectivity index (χ4v) is 1.70. The molecule has 3 nitrogen and oxygen atoms in total. The molecule has 17 heavy (non-hydrogen) atoms. The summed E-state index contributed by atoms with van der Waals surface area (Å²) in [6, 6.07) is 4.70. The molecule has 0 amide bonds. The minimum Gasteiger partial charge on any atom is -0.467 e. The average molecular weight is 240 g/mol. The Hall–Kier alpha value is -1.42. The molecule has 1 aromatic carbocycles. The number of methoxy groups -OCH3 is 1. The maximum atomic E-state index is 13.8. The summed E-state index contributed by atoms with van der Waals surface area (Å²) in [4.78, 5) is 11.3. The molecule has 1 N–H and O–H groups in total. The summed E-state index contributed by atoms with van der Waals surface area (Å²) in [6.45, 7) is 4.97. The molecule has 4 heteroatoms. The van der Waals surface area contributed by atoms with Gasteiger partial charge < -0.3 is 9.84 Å². The van der Waals surface area contributed by atoms with Gasteiger partial charge in [-0.05, 0) is 24.1 Å². The van der Waals surface area contributed by atoms with Crippen molar-refractivity contribution in [1.29, 1.82) is 0 Å². The number of carbonyl (C=O) groups is 1. The summed E-state index contributed by atoms with van der Waals surface area (Å²) in [6.07, 6.45) is -1.40. The molecule has 0 aromatic heterocycles. The Labute approximate surface area is 100 Å². The third-order valence-corrected chi connectivity index (χ3v) is 2.93. The normalized spacial score (nSPS) is 13.3. The number of hydrogen-bond donors (Lipinski definition) is 1. The first-order chi connectivity index (χ1) is 7.80. The van der Waals surface area contributed by atoms with Crippen LogP contribution in [-0.4, -0.2) is 24.3 Å². The van der Waals surface area contributed by atoms with E-state index in [1.54, 1.807) is 32.9 Å². The predicted molar refractivity (Wildman–Crippen MR) is 62.2 cm³/mol. The third kappa shape index (κ3) is 2.64. The Morgan fingerprint density at radius 3 is 2.53 bits per heavy atom. The first-order valence-electron chi connectivity index (χ1n) is 5.33. The van der Waals surface area contributed by atoms with Gasteiger partial charge in [0.1, 0.15) is 5.82 Å². The molecular formula is C13H17FO3. The van der Waals surface area contributed by atoms with Crippen LogP contribution in [0.2, 0.25) is 0 Å². The topological polar surface area (TPSA) is 46.5 Å². The fourth-order valence-electron chi connectivity index (χ4n) is 1.70. The molecule has 0 fully saturated rings. The number of aliphatic hydroxyl groups excluding tert-OH is 1. The highest BCUT2D eigenvalue weighted by atomic mass is 19.1. The summed E-state index contributed by atoms with van der Waals surface area (Å²) < 4.78 is 18.3. The van der Waals surface area contributed by atoms with Crippen LogP contribution in [0.4, 0.5) is 4.39 Å². The molecule has 0 aliphatic carbocycles. The van der Waals surface area contributed by atoms with E-state index in [1.807, 2.05) is 0 Å². The zero-order chi connectivity index (χ0) is 13.2. The average Bonchev–Trinajstić information content (AvgIpc) is 2.26. The zero-order valence-electron chi connectivity index (χ0n) is 10.5. The zero-order valence-corrected chi connectivity index (χ0v) is 10.5. The number of carbonyl (C=O) groups excluding carboxylic acids is 1. The Balaban J connectivity index is 3.16. The summed E-state index contributed by atoms with van der Waals surface area (Å²) >= 11 is 0. The van der Waals surface area contributed by atoms with E-state index in [9.17, 15) is 14.3 Å². The molecule has 0 radical (unpaired) electrons. The van der Waals surface area contributed by atoms with E-state index in [-0.39, 0.29) is 0 Å². The minimum absolute atomic E-state index is 0.293. The first-order valence-corrected chi connectivity index (χ1v) is 5.33. The second kappa shape index (κ2) is 4.84. The van der Waals surface area contributed by atoms with Crippen molar-refractivity contribution in [2.24, 2.45) is 0 Å². The van der Waals surface area contributed by atoms with Crippen LogP contribution in [0.5, 0.6) is 0 Å². The number of benzene rings is 1. The van der Waals surface area contributed by atoms with Crippen molar-refractivity contribution in [3.05, 3.63) is 35.1 Å². The maximum Gasteiger partial charge on any atom is 0.335 e. The van der Waals surface area contributed by atoms with Crippen LogP contribution in [0.1, 0.15) is 25.0 Å². The van der Waals surface area contributed by atoms with Crippen molar-refractivity contribution in [3.8, 4) is 0 Å². The van der Waals surface area contributed by atoms with Crippen LogP contribution in [-0.2, 0) is 14.9 Å². The van der Waals surface area contributed by atoms with Gasteiger partial charge in [-0.3, -0.25) is 0 Å². The molecule has 0 bridgehead atoms. The quantitative estimate of drug-likeness (QED) is 0.821. The van der Waals surface area contributed by atoms with Gasteiger partial charge in [-0.15, -0.1) is 0 Å². The smallest absolute Gasteiger partial charge is 0.335 e. The van der Waals surface area contributed by atoms with Crippen LogP contribution in [0.3, 0.4) is 0 Å². The Bertz CT molecular complexity index is 427. The standard InChI is InChI=1S/C13H17FO3/c1-8-5-6-9(10(14)7-8)13(2,3)11(15)12(16)17-4/h5-7,11,15H,1-4H3. The lowest BCUT2D eigenvalue weighted by atomic mass is 9.78. The third-order valence-electron chi connectivity index (χ3n) is 2.93. The van der Waals surface area contributed by atoms with E-state index in [2.05, 4.69) is 4.74 Å². The van der Waals surface area contributed by atoms with Gasteiger partial charge >= 0.3 is 5.97 Å². The lowest BCUT2D eigenvalue weighted by Gasteiger charge is -2.29. The van der Waals surface area contributed by atoms with Crippen molar-refractivity contribution in [3.63, 3.8) is 0 Å². The molecule has 0 spiro atoms. The molecule has 0 saturated heterocycles. The Morgan fingerprint density at radius 2 is 2.06 bits per heavy atom. The van der Waals surface area contributed by atoms with Gasteiger partial charge in [0.2, 0.25) is 0 Å². The second-order valence-corrected chi connectivity index (χ2v) is 4.63. The van der Waals surface area contributed by atoms with E-state index in [1.165, 1.54) is 13.2 Å². The van der Waals surface area contributed by atoms with Gasteiger partial charge in [0.05, 0.1) is 7.11 Å². The van der Waals surface area contributed by atoms with Gasteiger partial charge in [0, 0.05) is 5.41 Å². The van der Waals surface area contributed by atoms with Crippen LogP contribution in [0.25, 0.3) is 0 Å². The SMILES string of the molecule is COC(=O)C(O)C(C)(C)c1ccc(C)cc1F. The molecule has 1 aromatic rings. The number of esters is 1. The highest BCUT2D eigenvalue weighted by molar-refractivity contribution is 5.76. The van der Waals surface area contributed by atoms with E-state index < -0.39 is 23.3 Å². The molecule has 0 heterocycles.